The summed E-state index contributed by atoms with van der Waals surface area (Å²) < 4.78 is 4.57. The maximum absolute atomic E-state index is 10.3. The second-order valence-corrected chi connectivity index (χ2v) is 2.25. The SMILES string of the molecule is NC(=O)Oc1ccncc1S. The quantitative estimate of drug-likeness (QED) is 0.613. The molecule has 1 rings (SSSR count). The van der Waals surface area contributed by atoms with Crippen molar-refractivity contribution in [1.29, 1.82) is 0 Å². The van der Waals surface area contributed by atoms with Crippen LogP contribution in [0.15, 0.2) is 23.4 Å². The predicted molar refractivity (Wildman–Crippen MR) is 41.7 cm³/mol. The molecule has 5 heteroatoms. The first-order chi connectivity index (χ1) is 5.20. The van der Waals surface area contributed by atoms with E-state index in [0.29, 0.717) is 10.6 Å². The summed E-state index contributed by atoms with van der Waals surface area (Å²) in [5, 5.41) is 0. The second-order valence-electron chi connectivity index (χ2n) is 1.76. The fraction of sp³-hybridized carbons (Fsp3) is 0. The van der Waals surface area contributed by atoms with Crippen molar-refractivity contribution in [2.45, 2.75) is 4.90 Å². The maximum Gasteiger partial charge on any atom is 0.410 e. The molecule has 0 atom stereocenters. The zero-order chi connectivity index (χ0) is 8.27. The summed E-state index contributed by atoms with van der Waals surface area (Å²) in [6.45, 7) is 0. The van der Waals surface area contributed by atoms with E-state index in [0.717, 1.165) is 0 Å². The first-order valence-electron chi connectivity index (χ1n) is 2.80. The first-order valence-corrected chi connectivity index (χ1v) is 3.25. The Kier molecular flexibility index (Phi) is 2.32. The molecule has 0 unspecified atom stereocenters. The molecule has 0 aliphatic rings. The molecule has 0 radical (unpaired) electrons. The lowest BCUT2D eigenvalue weighted by Gasteiger charge is -2.01. The van der Waals surface area contributed by atoms with Crippen LogP contribution in [0.2, 0.25) is 0 Å². The highest BCUT2D eigenvalue weighted by Crippen LogP contribution is 2.19. The number of aromatic nitrogens is 1. The predicted octanol–water partition coefficient (Wildman–Crippen LogP) is 0.828. The van der Waals surface area contributed by atoms with Gasteiger partial charge in [0.2, 0.25) is 0 Å². The molecule has 0 aromatic carbocycles. The lowest BCUT2D eigenvalue weighted by molar-refractivity contribution is 0.209. The van der Waals surface area contributed by atoms with Gasteiger partial charge in [-0.05, 0) is 0 Å². The maximum atomic E-state index is 10.3. The first kappa shape index (κ1) is 7.87. The summed E-state index contributed by atoms with van der Waals surface area (Å²) in [6.07, 6.45) is 2.09. The lowest BCUT2D eigenvalue weighted by atomic mass is 10.4. The van der Waals surface area contributed by atoms with Crippen LogP contribution in [0.4, 0.5) is 4.79 Å². The molecule has 1 aromatic rings. The highest BCUT2D eigenvalue weighted by atomic mass is 32.1. The van der Waals surface area contributed by atoms with E-state index in [-0.39, 0.29) is 0 Å². The molecular weight excluding hydrogens is 164 g/mol. The molecule has 4 nitrogen and oxygen atoms in total. The van der Waals surface area contributed by atoms with Crippen LogP contribution >= 0.6 is 12.6 Å². The molecule has 0 bridgehead atoms. The normalized spacial score (nSPS) is 9.18. The summed E-state index contributed by atoms with van der Waals surface area (Å²) in [4.78, 5) is 14.5. The van der Waals surface area contributed by atoms with Gasteiger partial charge < -0.3 is 10.5 Å². The number of thiol groups is 1. The summed E-state index contributed by atoms with van der Waals surface area (Å²) in [5.41, 5.74) is 4.78. The summed E-state index contributed by atoms with van der Waals surface area (Å²) in [5.74, 6) is 0.316. The molecule has 0 spiro atoms. The fourth-order valence-corrected chi connectivity index (χ4v) is 0.755. The molecular formula is C6H6N2O2S. The van der Waals surface area contributed by atoms with Crippen LogP contribution in [0.25, 0.3) is 0 Å². The van der Waals surface area contributed by atoms with E-state index in [1.807, 2.05) is 0 Å². The number of hydrogen-bond donors (Lipinski definition) is 2. The lowest BCUT2D eigenvalue weighted by Crippen LogP contribution is -2.16. The Morgan fingerprint density at radius 3 is 3.00 bits per heavy atom. The van der Waals surface area contributed by atoms with E-state index < -0.39 is 6.09 Å². The Morgan fingerprint density at radius 2 is 2.45 bits per heavy atom. The van der Waals surface area contributed by atoms with Gasteiger partial charge in [0.05, 0.1) is 4.90 Å². The van der Waals surface area contributed by atoms with Crippen molar-refractivity contribution >= 4 is 18.7 Å². The highest BCUT2D eigenvalue weighted by Gasteiger charge is 2.01. The van der Waals surface area contributed by atoms with Crippen molar-refractivity contribution in [3.05, 3.63) is 18.5 Å². The molecule has 58 valence electrons. The summed E-state index contributed by atoms with van der Waals surface area (Å²) in [6, 6.07) is 1.51. The van der Waals surface area contributed by atoms with Gasteiger partial charge >= 0.3 is 6.09 Å². The number of carbonyl (C=O) groups is 1. The standard InChI is InChI=1S/C6H6N2O2S/c7-6(9)10-4-1-2-8-3-5(4)11/h1-3,11H,(H2,7,9). The van der Waals surface area contributed by atoms with Crippen molar-refractivity contribution in [3.8, 4) is 5.75 Å². The molecule has 0 aliphatic heterocycles. The minimum atomic E-state index is -0.855. The molecule has 0 aliphatic carbocycles. The Hall–Kier alpha value is -1.23. The average Bonchev–Trinajstić information content (AvgIpc) is 1.93. The van der Waals surface area contributed by atoms with E-state index in [9.17, 15) is 4.79 Å². The zero-order valence-electron chi connectivity index (χ0n) is 5.52. The molecule has 1 amide bonds. The molecule has 2 N–H and O–H groups in total. The van der Waals surface area contributed by atoms with Gasteiger partial charge in [-0.2, -0.15) is 0 Å². The van der Waals surface area contributed by atoms with Crippen molar-refractivity contribution in [2.75, 3.05) is 0 Å². The van der Waals surface area contributed by atoms with Crippen LogP contribution in [0.1, 0.15) is 0 Å². The van der Waals surface area contributed by atoms with Gasteiger partial charge in [0.1, 0.15) is 5.75 Å². The molecule has 1 aromatic heterocycles. The second kappa shape index (κ2) is 3.25. The number of primary amides is 1. The largest absolute Gasteiger partial charge is 0.410 e. The van der Waals surface area contributed by atoms with E-state index in [1.54, 1.807) is 0 Å². The monoisotopic (exact) mass is 170 g/mol. The minimum Gasteiger partial charge on any atom is -0.409 e. The number of nitrogens with zero attached hydrogens (tertiary/aromatic N) is 1. The van der Waals surface area contributed by atoms with Crippen molar-refractivity contribution < 1.29 is 9.53 Å². The number of hydrogen-bond acceptors (Lipinski definition) is 4. The van der Waals surface area contributed by atoms with Gasteiger partial charge in [0.15, 0.2) is 0 Å². The number of pyridine rings is 1. The Labute approximate surface area is 68.8 Å². The number of amides is 1. The van der Waals surface area contributed by atoms with Gasteiger partial charge in [-0.25, -0.2) is 4.79 Å². The number of rotatable bonds is 1. The molecule has 11 heavy (non-hydrogen) atoms. The number of carbonyl (C=O) groups excluding carboxylic acids is 1. The number of nitrogens with two attached hydrogens (primary N) is 1. The van der Waals surface area contributed by atoms with Gasteiger partial charge in [-0.1, -0.05) is 0 Å². The smallest absolute Gasteiger partial charge is 0.409 e. The van der Waals surface area contributed by atoms with Crippen molar-refractivity contribution in [1.82, 2.24) is 4.98 Å². The van der Waals surface area contributed by atoms with Gasteiger partial charge in [0, 0.05) is 18.5 Å². The Balaban J connectivity index is 2.86. The molecule has 0 saturated heterocycles. The van der Waals surface area contributed by atoms with Crippen molar-refractivity contribution in [3.63, 3.8) is 0 Å². The Bertz CT molecular complexity index is 277. The average molecular weight is 170 g/mol. The Morgan fingerprint density at radius 1 is 1.73 bits per heavy atom. The van der Waals surface area contributed by atoms with Crippen LogP contribution < -0.4 is 10.5 Å². The van der Waals surface area contributed by atoms with E-state index in [2.05, 4.69) is 22.3 Å². The minimum absolute atomic E-state index is 0.316. The van der Waals surface area contributed by atoms with Crippen LogP contribution in [0.3, 0.4) is 0 Å². The molecule has 0 saturated carbocycles. The topological polar surface area (TPSA) is 65.2 Å². The van der Waals surface area contributed by atoms with Gasteiger partial charge in [-0.3, -0.25) is 4.98 Å². The van der Waals surface area contributed by atoms with E-state index in [4.69, 9.17) is 5.73 Å². The third-order valence-electron chi connectivity index (χ3n) is 0.972. The van der Waals surface area contributed by atoms with E-state index >= 15 is 0 Å². The third kappa shape index (κ3) is 2.12. The van der Waals surface area contributed by atoms with Gasteiger partial charge in [-0.15, -0.1) is 12.6 Å². The van der Waals surface area contributed by atoms with E-state index in [1.165, 1.54) is 18.5 Å². The van der Waals surface area contributed by atoms with Crippen LogP contribution in [0, 0.1) is 0 Å². The van der Waals surface area contributed by atoms with Crippen LogP contribution in [0.5, 0.6) is 5.75 Å². The van der Waals surface area contributed by atoms with Crippen LogP contribution in [-0.2, 0) is 0 Å². The zero-order valence-corrected chi connectivity index (χ0v) is 6.41. The van der Waals surface area contributed by atoms with Gasteiger partial charge in [0.25, 0.3) is 0 Å². The summed E-state index contributed by atoms with van der Waals surface area (Å²) >= 11 is 3.98. The third-order valence-corrected chi connectivity index (χ3v) is 1.31. The van der Waals surface area contributed by atoms with Crippen molar-refractivity contribution in [2.24, 2.45) is 5.73 Å². The highest BCUT2D eigenvalue weighted by molar-refractivity contribution is 7.80. The summed E-state index contributed by atoms with van der Waals surface area (Å²) in [7, 11) is 0. The molecule has 1 heterocycles. The number of ether oxygens (including phenoxy) is 1. The fourth-order valence-electron chi connectivity index (χ4n) is 0.568. The van der Waals surface area contributed by atoms with Crippen LogP contribution in [-0.4, -0.2) is 11.1 Å². The molecule has 0 fully saturated rings.